The van der Waals surface area contributed by atoms with Gasteiger partial charge in [-0.05, 0) is 29.9 Å². The van der Waals surface area contributed by atoms with Crippen LogP contribution < -0.4 is 4.90 Å². The predicted octanol–water partition coefficient (Wildman–Crippen LogP) is 4.13. The van der Waals surface area contributed by atoms with Crippen LogP contribution in [0.5, 0.6) is 0 Å². The first-order valence-electron chi connectivity index (χ1n) is 6.93. The molecule has 0 radical (unpaired) electrons. The molecule has 4 rings (SSSR count). The van der Waals surface area contributed by atoms with Crippen LogP contribution in [0.3, 0.4) is 0 Å². The number of hydrogen-bond acceptors (Lipinski definition) is 6. The highest BCUT2D eigenvalue weighted by atomic mass is 79.9. The fourth-order valence-corrected chi connectivity index (χ4v) is 4.82. The monoisotopic (exact) mass is 392 g/mol. The Kier molecular flexibility index (Phi) is 3.79. The van der Waals surface area contributed by atoms with E-state index in [1.165, 1.54) is 15.6 Å². The lowest BCUT2D eigenvalue weighted by atomic mass is 10.00. The van der Waals surface area contributed by atoms with Crippen molar-refractivity contribution in [3.05, 3.63) is 40.1 Å². The molecule has 4 nitrogen and oxygen atoms in total. The molecule has 0 unspecified atom stereocenters. The largest absolute Gasteiger partial charge is 0.351 e. The van der Waals surface area contributed by atoms with Crippen LogP contribution in [0.2, 0.25) is 0 Å². The van der Waals surface area contributed by atoms with Gasteiger partial charge in [0.2, 0.25) is 0 Å². The van der Waals surface area contributed by atoms with Gasteiger partial charge in [0.05, 0.1) is 0 Å². The summed E-state index contributed by atoms with van der Waals surface area (Å²) in [5.41, 5.74) is 3.58. The highest BCUT2D eigenvalue weighted by Crippen LogP contribution is 2.35. The van der Waals surface area contributed by atoms with Crippen molar-refractivity contribution in [2.45, 2.75) is 17.3 Å². The second-order valence-electron chi connectivity index (χ2n) is 5.08. The number of halogens is 1. The number of nitrogens with zero attached hydrogens (tertiary/aromatic N) is 4. The summed E-state index contributed by atoms with van der Waals surface area (Å²) in [5.74, 6) is 1.00. The number of hydrogen-bond donors (Lipinski definition) is 0. The number of rotatable bonds is 2. The number of aromatic nitrogens is 3. The molecular weight excluding hydrogens is 380 g/mol. The van der Waals surface area contributed by atoms with Crippen molar-refractivity contribution in [3.63, 3.8) is 0 Å². The number of benzene rings is 1. The summed E-state index contributed by atoms with van der Waals surface area (Å²) in [6, 6.07) is 6.43. The Morgan fingerprint density at radius 2 is 2.23 bits per heavy atom. The average molecular weight is 393 g/mol. The molecule has 1 aromatic carbocycles. The topological polar surface area (TPSA) is 41.9 Å². The predicted molar refractivity (Wildman–Crippen MR) is 95.9 cm³/mol. The van der Waals surface area contributed by atoms with E-state index in [0.717, 1.165) is 40.0 Å². The molecule has 0 spiro atoms. The summed E-state index contributed by atoms with van der Waals surface area (Å²) in [7, 11) is 0. The van der Waals surface area contributed by atoms with Crippen LogP contribution in [-0.2, 0) is 13.0 Å². The molecule has 0 saturated heterocycles. The molecule has 7 heteroatoms. The first kappa shape index (κ1) is 14.4. The van der Waals surface area contributed by atoms with Gasteiger partial charge in [0.15, 0.2) is 15.8 Å². The van der Waals surface area contributed by atoms with Crippen molar-refractivity contribution in [1.82, 2.24) is 15.0 Å². The minimum absolute atomic E-state index is 0.803. The molecule has 0 aliphatic carbocycles. The fraction of sp³-hybridized carbons (Fsp3) is 0.267. The van der Waals surface area contributed by atoms with Crippen LogP contribution in [0.4, 0.5) is 5.82 Å². The van der Waals surface area contributed by atoms with Crippen molar-refractivity contribution in [3.8, 4) is 0 Å². The maximum atomic E-state index is 4.54. The van der Waals surface area contributed by atoms with Gasteiger partial charge in [0, 0.05) is 17.6 Å². The summed E-state index contributed by atoms with van der Waals surface area (Å²) >= 11 is 7.01. The molecule has 0 amide bonds. The maximum absolute atomic E-state index is 4.54. The van der Waals surface area contributed by atoms with Gasteiger partial charge in [-0.1, -0.05) is 39.8 Å². The number of thiazole rings is 1. The molecule has 2 aromatic heterocycles. The highest BCUT2D eigenvalue weighted by molar-refractivity contribution is 9.10. The molecular formula is C15H13BrN4S2. The third-order valence-corrected chi connectivity index (χ3v) is 6.61. The average Bonchev–Trinajstić information content (AvgIpc) is 2.98. The van der Waals surface area contributed by atoms with E-state index in [2.05, 4.69) is 54.0 Å². The Labute approximate surface area is 145 Å². The van der Waals surface area contributed by atoms with Crippen molar-refractivity contribution in [2.75, 3.05) is 17.7 Å². The summed E-state index contributed by atoms with van der Waals surface area (Å²) in [5, 5.41) is 0. The Hall–Kier alpha value is -1.18. The van der Waals surface area contributed by atoms with Gasteiger partial charge in [0.25, 0.3) is 0 Å². The van der Waals surface area contributed by atoms with Gasteiger partial charge in [-0.2, -0.15) is 0 Å². The van der Waals surface area contributed by atoms with Crippen molar-refractivity contribution >= 4 is 55.2 Å². The molecule has 1 aliphatic rings. The number of fused-ring (bicyclic) bond motifs is 2. The summed E-state index contributed by atoms with van der Waals surface area (Å²) in [4.78, 5) is 15.7. The fourth-order valence-electron chi connectivity index (χ4n) is 2.76. The molecule has 3 heterocycles. The lowest BCUT2D eigenvalue weighted by molar-refractivity contribution is 0.721. The van der Waals surface area contributed by atoms with Crippen LogP contribution in [0.15, 0.2) is 33.3 Å². The number of thioether (sulfide) groups is 1. The van der Waals surface area contributed by atoms with Gasteiger partial charge in [-0.3, -0.25) is 0 Å². The van der Waals surface area contributed by atoms with Gasteiger partial charge in [0.1, 0.15) is 11.0 Å². The lowest BCUT2D eigenvalue weighted by Gasteiger charge is -2.30. The highest BCUT2D eigenvalue weighted by Gasteiger charge is 2.22. The molecule has 22 heavy (non-hydrogen) atoms. The van der Waals surface area contributed by atoms with Crippen molar-refractivity contribution < 1.29 is 0 Å². The van der Waals surface area contributed by atoms with Gasteiger partial charge >= 0.3 is 0 Å². The van der Waals surface area contributed by atoms with Crippen molar-refractivity contribution in [1.29, 1.82) is 0 Å². The summed E-state index contributed by atoms with van der Waals surface area (Å²) in [6.45, 7) is 1.84. The van der Waals surface area contributed by atoms with E-state index in [9.17, 15) is 0 Å². The van der Waals surface area contributed by atoms with Crippen LogP contribution >= 0.6 is 39.0 Å². The normalized spacial score (nSPS) is 14.4. The Balaban J connectivity index is 1.77. The van der Waals surface area contributed by atoms with E-state index in [1.54, 1.807) is 29.4 Å². The van der Waals surface area contributed by atoms with Crippen molar-refractivity contribution in [2.24, 2.45) is 0 Å². The third kappa shape index (κ3) is 2.41. The smallest absolute Gasteiger partial charge is 0.176 e. The first-order chi connectivity index (χ1) is 10.8. The van der Waals surface area contributed by atoms with E-state index >= 15 is 0 Å². The van der Waals surface area contributed by atoms with Crippen LogP contribution in [0.1, 0.15) is 11.1 Å². The van der Waals surface area contributed by atoms with Crippen LogP contribution in [0.25, 0.3) is 10.3 Å². The zero-order valence-electron chi connectivity index (χ0n) is 11.9. The maximum Gasteiger partial charge on any atom is 0.176 e. The minimum Gasteiger partial charge on any atom is -0.351 e. The van der Waals surface area contributed by atoms with Gasteiger partial charge < -0.3 is 4.90 Å². The molecule has 0 atom stereocenters. The second-order valence-corrected chi connectivity index (χ2v) is 7.99. The second kappa shape index (κ2) is 5.79. The Bertz CT molecular complexity index is 849. The summed E-state index contributed by atoms with van der Waals surface area (Å²) < 4.78 is 3.30. The van der Waals surface area contributed by atoms with Gasteiger partial charge in [-0.25, -0.2) is 15.0 Å². The van der Waals surface area contributed by atoms with E-state index in [4.69, 9.17) is 0 Å². The Morgan fingerprint density at radius 1 is 1.32 bits per heavy atom. The van der Waals surface area contributed by atoms with Crippen LogP contribution in [-0.4, -0.2) is 27.8 Å². The lowest BCUT2D eigenvalue weighted by Crippen LogP contribution is -2.31. The standard InChI is InChI=1S/C15H13BrN4S2/c1-21-15-19-13-12(22-15)14(18-8-17-13)20-6-5-9-3-2-4-11(16)10(9)7-20/h2-4,8H,5-7H2,1H3. The van der Waals surface area contributed by atoms with E-state index < -0.39 is 0 Å². The first-order valence-corrected chi connectivity index (χ1v) is 9.76. The Morgan fingerprint density at radius 3 is 3.09 bits per heavy atom. The molecule has 1 aliphatic heterocycles. The van der Waals surface area contributed by atoms with E-state index in [0.29, 0.717) is 0 Å². The zero-order valence-corrected chi connectivity index (χ0v) is 15.1. The van der Waals surface area contributed by atoms with Gasteiger partial charge in [-0.15, -0.1) is 11.3 Å². The quantitative estimate of drug-likeness (QED) is 0.613. The molecule has 0 bridgehead atoms. The molecule has 0 N–H and O–H groups in total. The molecule has 0 fully saturated rings. The van der Waals surface area contributed by atoms with E-state index in [1.807, 2.05) is 6.26 Å². The summed E-state index contributed by atoms with van der Waals surface area (Å²) in [6.07, 6.45) is 4.70. The minimum atomic E-state index is 0.803. The third-order valence-electron chi connectivity index (χ3n) is 3.84. The molecule has 3 aromatic rings. The molecule has 0 saturated carbocycles. The van der Waals surface area contributed by atoms with Crippen LogP contribution in [0, 0.1) is 0 Å². The number of anilines is 1. The van der Waals surface area contributed by atoms with E-state index in [-0.39, 0.29) is 0 Å². The zero-order chi connectivity index (χ0) is 15.1. The SMILES string of the molecule is CSc1nc2ncnc(N3CCc4cccc(Br)c4C3)c2s1. The molecule has 112 valence electrons.